The van der Waals surface area contributed by atoms with E-state index in [2.05, 4.69) is 54.6 Å². The first-order valence-corrected chi connectivity index (χ1v) is 12.0. The summed E-state index contributed by atoms with van der Waals surface area (Å²) in [4.78, 5) is 12.8. The molecule has 0 aromatic carbocycles. The van der Waals surface area contributed by atoms with Crippen LogP contribution in [0.25, 0.3) is 0 Å². The topological polar surface area (TPSA) is 46.5 Å². The molecule has 3 rings (SSSR count). The summed E-state index contributed by atoms with van der Waals surface area (Å²) in [5.74, 6) is 0.130. The van der Waals surface area contributed by atoms with Crippen LogP contribution in [0.2, 0.25) is 18.1 Å². The van der Waals surface area contributed by atoms with E-state index in [9.17, 15) is 9.90 Å². The lowest BCUT2D eigenvalue weighted by Gasteiger charge is -2.45. The third kappa shape index (κ3) is 1.99. The molecule has 2 fully saturated rings. The first kappa shape index (κ1) is 18.1. The smallest absolute Gasteiger partial charge is 0.192 e. The lowest BCUT2D eigenvalue weighted by Crippen LogP contribution is -2.54. The molecule has 24 heavy (non-hydrogen) atoms. The molecule has 0 heterocycles. The number of aliphatic hydroxyl groups is 1. The molecule has 2 saturated carbocycles. The summed E-state index contributed by atoms with van der Waals surface area (Å²) in [6, 6.07) is 0. The summed E-state index contributed by atoms with van der Waals surface area (Å²) in [5.41, 5.74) is 0.520. The second-order valence-electron chi connectivity index (χ2n) is 9.78. The van der Waals surface area contributed by atoms with Gasteiger partial charge in [-0.05, 0) is 62.0 Å². The van der Waals surface area contributed by atoms with Crippen LogP contribution in [0.1, 0.15) is 48.0 Å². The maximum Gasteiger partial charge on any atom is 0.192 e. The van der Waals surface area contributed by atoms with Crippen molar-refractivity contribution in [2.24, 2.45) is 17.3 Å². The van der Waals surface area contributed by atoms with Crippen LogP contribution in [0.4, 0.5) is 0 Å². The molecule has 5 atom stereocenters. The molecule has 4 heteroatoms. The molecule has 0 unspecified atom stereocenters. The summed E-state index contributed by atoms with van der Waals surface area (Å²) in [5, 5.41) is 11.5. The molecule has 3 nitrogen and oxygen atoms in total. The van der Waals surface area contributed by atoms with Gasteiger partial charge in [-0.3, -0.25) is 4.79 Å². The summed E-state index contributed by atoms with van der Waals surface area (Å²) < 4.78 is 6.76. The highest BCUT2D eigenvalue weighted by molar-refractivity contribution is 6.74. The lowest BCUT2D eigenvalue weighted by atomic mass is 9.68. The van der Waals surface area contributed by atoms with Crippen molar-refractivity contribution in [3.8, 4) is 0 Å². The van der Waals surface area contributed by atoms with Crippen molar-refractivity contribution in [1.82, 2.24) is 0 Å². The van der Waals surface area contributed by atoms with E-state index in [0.29, 0.717) is 0 Å². The number of carbonyl (C=O) groups excluding carboxylic acids is 1. The molecular formula is C20H32O3Si. The zero-order valence-electron chi connectivity index (χ0n) is 16.4. The van der Waals surface area contributed by atoms with Crippen LogP contribution in [-0.4, -0.2) is 30.9 Å². The second-order valence-corrected chi connectivity index (χ2v) is 14.5. The summed E-state index contributed by atoms with van der Waals surface area (Å²) in [6.07, 6.45) is 4.21. The fourth-order valence-corrected chi connectivity index (χ4v) is 6.17. The molecular weight excluding hydrogens is 316 g/mol. The van der Waals surface area contributed by atoms with E-state index in [1.54, 1.807) is 12.2 Å². The van der Waals surface area contributed by atoms with Gasteiger partial charge in [0.05, 0.1) is 11.5 Å². The third-order valence-corrected chi connectivity index (χ3v) is 11.6. The fraction of sp³-hybridized carbons (Fsp3) is 0.750. The van der Waals surface area contributed by atoms with Crippen molar-refractivity contribution >= 4 is 14.1 Å². The Balaban J connectivity index is 2.03. The fourth-order valence-electron chi connectivity index (χ4n) is 4.83. The maximum atomic E-state index is 12.8. The van der Waals surface area contributed by atoms with Crippen molar-refractivity contribution < 1.29 is 14.3 Å². The van der Waals surface area contributed by atoms with Gasteiger partial charge >= 0.3 is 0 Å². The molecule has 3 aliphatic carbocycles. The predicted molar refractivity (Wildman–Crippen MR) is 99.2 cm³/mol. The van der Waals surface area contributed by atoms with Gasteiger partial charge in [-0.1, -0.05) is 33.3 Å². The molecule has 0 radical (unpaired) electrons. The van der Waals surface area contributed by atoms with E-state index >= 15 is 0 Å². The monoisotopic (exact) mass is 348 g/mol. The Morgan fingerprint density at radius 2 is 1.92 bits per heavy atom. The number of hydrogen-bond acceptors (Lipinski definition) is 3. The minimum absolute atomic E-state index is 0.0167. The minimum atomic E-state index is -1.93. The van der Waals surface area contributed by atoms with Gasteiger partial charge in [0.1, 0.15) is 5.60 Å². The van der Waals surface area contributed by atoms with Crippen LogP contribution in [0.5, 0.6) is 0 Å². The molecule has 0 amide bonds. The van der Waals surface area contributed by atoms with Gasteiger partial charge in [0, 0.05) is 5.92 Å². The van der Waals surface area contributed by atoms with E-state index in [0.717, 1.165) is 17.6 Å². The van der Waals surface area contributed by atoms with Gasteiger partial charge in [-0.15, -0.1) is 0 Å². The lowest BCUT2D eigenvalue weighted by molar-refractivity contribution is -0.135. The number of allylic oxidation sites excluding steroid dienone is 2. The predicted octanol–water partition coefficient (Wildman–Crippen LogP) is 4.24. The minimum Gasteiger partial charge on any atom is -0.413 e. The number of carbonyl (C=O) groups is 1. The quantitative estimate of drug-likeness (QED) is 0.600. The van der Waals surface area contributed by atoms with Crippen molar-refractivity contribution in [2.45, 2.75) is 77.8 Å². The van der Waals surface area contributed by atoms with Crippen LogP contribution >= 0.6 is 0 Å². The Labute approximate surface area is 147 Å². The number of ketones is 1. The summed E-state index contributed by atoms with van der Waals surface area (Å²) in [6.45, 7) is 17.4. The van der Waals surface area contributed by atoms with Gasteiger partial charge in [0.25, 0.3) is 0 Å². The summed E-state index contributed by atoms with van der Waals surface area (Å²) in [7, 11) is -1.93. The van der Waals surface area contributed by atoms with Crippen molar-refractivity contribution in [3.63, 3.8) is 0 Å². The van der Waals surface area contributed by atoms with Crippen molar-refractivity contribution in [3.05, 3.63) is 23.3 Å². The van der Waals surface area contributed by atoms with Crippen LogP contribution in [0.3, 0.4) is 0 Å². The highest BCUT2D eigenvalue weighted by Gasteiger charge is 2.81. The largest absolute Gasteiger partial charge is 0.413 e. The second kappa shape index (κ2) is 4.92. The summed E-state index contributed by atoms with van der Waals surface area (Å²) >= 11 is 0. The van der Waals surface area contributed by atoms with E-state index in [-0.39, 0.29) is 28.8 Å². The van der Waals surface area contributed by atoms with Gasteiger partial charge in [-0.25, -0.2) is 0 Å². The average Bonchev–Trinajstić information content (AvgIpc) is 3.06. The Morgan fingerprint density at radius 1 is 1.33 bits per heavy atom. The Hall–Kier alpha value is -0.713. The average molecular weight is 349 g/mol. The highest BCUT2D eigenvalue weighted by atomic mass is 28.4. The molecule has 3 aliphatic rings. The molecule has 0 aromatic rings. The first-order chi connectivity index (χ1) is 10.8. The molecule has 0 aliphatic heterocycles. The van der Waals surface area contributed by atoms with E-state index < -0.39 is 19.3 Å². The Kier molecular flexibility index (Phi) is 3.71. The van der Waals surface area contributed by atoms with Gasteiger partial charge in [-0.2, -0.15) is 0 Å². The van der Waals surface area contributed by atoms with E-state index in [1.807, 2.05) is 0 Å². The van der Waals surface area contributed by atoms with Crippen molar-refractivity contribution in [2.75, 3.05) is 0 Å². The zero-order chi connectivity index (χ0) is 18.3. The van der Waals surface area contributed by atoms with Crippen LogP contribution in [0.15, 0.2) is 23.3 Å². The van der Waals surface area contributed by atoms with E-state index in [1.165, 1.54) is 0 Å². The SMILES string of the molecule is CC(C)=C1[C@H]2[C@@H](O[Si](C)(C)C(C)(C)C)C[C@@H](C)[C@]3(O)C=CC(=O)[C@]123. The molecule has 0 saturated heterocycles. The molecule has 0 bridgehead atoms. The Morgan fingerprint density at radius 3 is 2.42 bits per heavy atom. The zero-order valence-corrected chi connectivity index (χ0v) is 17.4. The standard InChI is InChI=1S/C20H32O3Si/c1-12(2)16-17-14(23-24(7,8)18(4,5)6)11-13(3)19(22)10-9-15(21)20(16,17)19/h9-10,13-14,17,22H,11H2,1-8H3/t13-,14+,17-,19-,20+/m1/s1. The number of hydrogen-bond donors (Lipinski definition) is 1. The molecule has 1 N–H and O–H groups in total. The van der Waals surface area contributed by atoms with Crippen LogP contribution in [0, 0.1) is 17.3 Å². The van der Waals surface area contributed by atoms with Crippen molar-refractivity contribution in [1.29, 1.82) is 0 Å². The van der Waals surface area contributed by atoms with Gasteiger partial charge in [0.2, 0.25) is 0 Å². The highest BCUT2D eigenvalue weighted by Crippen LogP contribution is 2.75. The molecule has 0 aromatic heterocycles. The molecule has 134 valence electrons. The maximum absolute atomic E-state index is 12.8. The van der Waals surface area contributed by atoms with Gasteiger partial charge in [0.15, 0.2) is 14.1 Å². The Bertz CT molecular complexity index is 650. The first-order valence-electron chi connectivity index (χ1n) is 9.12. The van der Waals surface area contributed by atoms with E-state index in [4.69, 9.17) is 4.43 Å². The third-order valence-electron chi connectivity index (χ3n) is 7.13. The van der Waals surface area contributed by atoms with Gasteiger partial charge < -0.3 is 9.53 Å². The normalized spacial score (nSPS) is 41.3. The van der Waals surface area contributed by atoms with Crippen LogP contribution in [-0.2, 0) is 9.22 Å². The number of rotatable bonds is 2. The molecule has 1 spiro atoms. The van der Waals surface area contributed by atoms with Crippen LogP contribution < -0.4 is 0 Å².